The highest BCUT2D eigenvalue weighted by molar-refractivity contribution is 14.1. The number of carbonyl (C=O) groups excluding carboxylic acids is 1. The van der Waals surface area contributed by atoms with Crippen LogP contribution in [-0.2, 0) is 11.4 Å². The fourth-order valence-electron chi connectivity index (χ4n) is 2.73. The summed E-state index contributed by atoms with van der Waals surface area (Å²) in [6, 6.07) is 18.4. The number of amides is 1. The predicted octanol–water partition coefficient (Wildman–Crippen LogP) is 6.42. The van der Waals surface area contributed by atoms with Gasteiger partial charge in [0.05, 0.1) is 24.9 Å². The van der Waals surface area contributed by atoms with Gasteiger partial charge in [0.25, 0.3) is 5.91 Å². The summed E-state index contributed by atoms with van der Waals surface area (Å²) in [4.78, 5) is 23.5. The fourth-order valence-corrected chi connectivity index (χ4v) is 3.78. The first kappa shape index (κ1) is 24.6. The highest BCUT2D eigenvalue weighted by Gasteiger charge is 2.13. The van der Waals surface area contributed by atoms with Crippen molar-refractivity contribution in [2.45, 2.75) is 6.61 Å². The van der Waals surface area contributed by atoms with E-state index in [4.69, 9.17) is 33.0 Å². The number of benzene rings is 3. The van der Waals surface area contributed by atoms with Crippen LogP contribution in [0.1, 0.15) is 21.5 Å². The Morgan fingerprint density at radius 3 is 2.48 bits per heavy atom. The number of carboxylic acids is 1. The Hall–Kier alpha value is -3.06. The number of nitrogens with one attached hydrogen (secondary N) is 1. The predicted molar refractivity (Wildman–Crippen MR) is 136 cm³/mol. The summed E-state index contributed by atoms with van der Waals surface area (Å²) in [5, 5.41) is 21.5. The van der Waals surface area contributed by atoms with Gasteiger partial charge >= 0.3 is 5.97 Å². The second-order valence-electron chi connectivity index (χ2n) is 6.71. The summed E-state index contributed by atoms with van der Waals surface area (Å²) >= 11 is 14.1. The molecule has 0 aliphatic heterocycles. The van der Waals surface area contributed by atoms with E-state index in [1.165, 1.54) is 18.2 Å². The van der Waals surface area contributed by atoms with E-state index in [1.54, 1.807) is 48.5 Å². The molecule has 0 spiro atoms. The van der Waals surface area contributed by atoms with Gasteiger partial charge < -0.3 is 15.2 Å². The van der Waals surface area contributed by atoms with Gasteiger partial charge in [0.1, 0.15) is 24.0 Å². The molecule has 0 fully saturated rings. The van der Waals surface area contributed by atoms with E-state index in [0.717, 1.165) is 9.13 Å². The average Bonchev–Trinajstić information content (AvgIpc) is 2.80. The van der Waals surface area contributed by atoms with Crippen LogP contribution in [0.5, 0.6) is 5.75 Å². The van der Waals surface area contributed by atoms with E-state index in [1.807, 2.05) is 6.07 Å². The highest BCUT2D eigenvalue weighted by atomic mass is 127. The third-order valence-corrected chi connectivity index (χ3v) is 6.09. The molecular formula is C24H15Cl2IN2O4. The van der Waals surface area contributed by atoms with Crippen LogP contribution in [-0.4, -0.2) is 17.0 Å². The smallest absolute Gasteiger partial charge is 0.335 e. The molecule has 33 heavy (non-hydrogen) atoms. The lowest BCUT2D eigenvalue weighted by Gasteiger charge is -2.10. The average molecular weight is 593 g/mol. The Labute approximate surface area is 213 Å². The van der Waals surface area contributed by atoms with E-state index in [-0.39, 0.29) is 22.8 Å². The van der Waals surface area contributed by atoms with E-state index in [9.17, 15) is 14.9 Å². The minimum Gasteiger partial charge on any atom is -0.488 e. The first-order chi connectivity index (χ1) is 15.8. The molecule has 1 amide bonds. The number of ether oxygens (including phenoxy) is 1. The number of carboxylic acid groups (broad SMARTS) is 1. The monoisotopic (exact) mass is 592 g/mol. The second-order valence-corrected chi connectivity index (χ2v) is 8.65. The van der Waals surface area contributed by atoms with Crippen molar-refractivity contribution < 1.29 is 19.4 Å². The summed E-state index contributed by atoms with van der Waals surface area (Å²) in [5.74, 6) is -0.979. The van der Waals surface area contributed by atoms with Gasteiger partial charge in [0.2, 0.25) is 0 Å². The van der Waals surface area contributed by atoms with Crippen LogP contribution in [0.15, 0.2) is 66.2 Å². The number of halogens is 3. The van der Waals surface area contributed by atoms with Gasteiger partial charge in [0, 0.05) is 0 Å². The number of nitriles is 1. The SMILES string of the molecule is N#C/C(=C/c1ccc(OCc2ccc(C(=O)O)cc2)c(I)c1)C(=O)Nc1cccc(Cl)c1Cl. The molecule has 0 aliphatic rings. The third-order valence-electron chi connectivity index (χ3n) is 4.43. The van der Waals surface area contributed by atoms with E-state index >= 15 is 0 Å². The molecule has 0 bridgehead atoms. The van der Waals surface area contributed by atoms with Crippen LogP contribution in [0.4, 0.5) is 5.69 Å². The molecule has 0 aromatic heterocycles. The number of aromatic carboxylic acids is 1. The summed E-state index contributed by atoms with van der Waals surface area (Å²) in [7, 11) is 0. The van der Waals surface area contributed by atoms with Crippen LogP contribution in [0, 0.1) is 14.9 Å². The maximum Gasteiger partial charge on any atom is 0.335 e. The molecule has 2 N–H and O–H groups in total. The van der Waals surface area contributed by atoms with Gasteiger partial charge in [-0.1, -0.05) is 47.5 Å². The summed E-state index contributed by atoms with van der Waals surface area (Å²) in [6.45, 7) is 0.261. The Bertz CT molecular complexity index is 1280. The largest absolute Gasteiger partial charge is 0.488 e. The molecule has 0 saturated carbocycles. The molecule has 3 aromatic rings. The molecule has 0 saturated heterocycles. The van der Waals surface area contributed by atoms with Gasteiger partial charge in [-0.25, -0.2) is 4.79 Å². The van der Waals surface area contributed by atoms with Crippen molar-refractivity contribution in [3.63, 3.8) is 0 Å². The van der Waals surface area contributed by atoms with Crippen LogP contribution >= 0.6 is 45.8 Å². The molecule has 0 heterocycles. The van der Waals surface area contributed by atoms with Gasteiger partial charge in [-0.15, -0.1) is 0 Å². The van der Waals surface area contributed by atoms with Crippen molar-refractivity contribution in [2.75, 3.05) is 5.32 Å². The first-order valence-electron chi connectivity index (χ1n) is 9.40. The number of hydrogen-bond donors (Lipinski definition) is 2. The molecule has 0 atom stereocenters. The Balaban J connectivity index is 1.70. The zero-order valence-corrected chi connectivity index (χ0v) is 20.5. The van der Waals surface area contributed by atoms with Crippen LogP contribution in [0.3, 0.4) is 0 Å². The minimum absolute atomic E-state index is 0.103. The summed E-state index contributed by atoms with van der Waals surface area (Å²) in [6.07, 6.45) is 1.46. The van der Waals surface area contributed by atoms with Gasteiger partial charge in [0.15, 0.2) is 0 Å². The molecule has 9 heteroatoms. The number of hydrogen-bond acceptors (Lipinski definition) is 4. The number of rotatable bonds is 7. The van der Waals surface area contributed by atoms with Crippen molar-refractivity contribution in [1.82, 2.24) is 0 Å². The van der Waals surface area contributed by atoms with Crippen molar-refractivity contribution in [2.24, 2.45) is 0 Å². The summed E-state index contributed by atoms with van der Waals surface area (Å²) < 4.78 is 6.59. The second kappa shape index (κ2) is 11.2. The van der Waals surface area contributed by atoms with Crippen molar-refractivity contribution in [1.29, 1.82) is 5.26 Å². The number of carbonyl (C=O) groups is 2. The van der Waals surface area contributed by atoms with Crippen LogP contribution in [0.2, 0.25) is 10.0 Å². The van der Waals surface area contributed by atoms with E-state index in [0.29, 0.717) is 22.0 Å². The van der Waals surface area contributed by atoms with Gasteiger partial charge in [-0.3, -0.25) is 4.79 Å². The summed E-state index contributed by atoms with van der Waals surface area (Å²) in [5.41, 5.74) is 1.88. The standard InChI is InChI=1S/C24H15Cl2IN2O4/c25-18-2-1-3-20(22(18)26)29-23(30)17(12-28)10-15-6-9-21(19(27)11-15)33-13-14-4-7-16(8-5-14)24(31)32/h1-11H,13H2,(H,29,30)(H,31,32)/b17-10-. The quantitative estimate of drug-likeness (QED) is 0.187. The molecule has 6 nitrogen and oxygen atoms in total. The maximum absolute atomic E-state index is 12.5. The van der Waals surface area contributed by atoms with Crippen LogP contribution in [0.25, 0.3) is 6.08 Å². The van der Waals surface area contributed by atoms with Crippen LogP contribution < -0.4 is 10.1 Å². The van der Waals surface area contributed by atoms with E-state index < -0.39 is 11.9 Å². The lowest BCUT2D eigenvalue weighted by molar-refractivity contribution is -0.112. The number of nitrogens with zero attached hydrogens (tertiary/aromatic N) is 1. The molecule has 0 unspecified atom stereocenters. The highest BCUT2D eigenvalue weighted by Crippen LogP contribution is 2.30. The fraction of sp³-hybridized carbons (Fsp3) is 0.0417. The van der Waals surface area contributed by atoms with Crippen molar-refractivity contribution in [3.05, 3.63) is 96.5 Å². The zero-order valence-electron chi connectivity index (χ0n) is 16.8. The normalized spacial score (nSPS) is 10.9. The first-order valence-corrected chi connectivity index (χ1v) is 11.2. The van der Waals surface area contributed by atoms with Gasteiger partial charge in [-0.2, -0.15) is 5.26 Å². The molecule has 0 aliphatic carbocycles. The number of anilines is 1. The third kappa shape index (κ3) is 6.48. The zero-order chi connectivity index (χ0) is 24.0. The van der Waals surface area contributed by atoms with E-state index in [2.05, 4.69) is 27.9 Å². The Morgan fingerprint density at radius 1 is 1.12 bits per heavy atom. The molecule has 0 radical (unpaired) electrons. The molecule has 3 rings (SSSR count). The van der Waals surface area contributed by atoms with Crippen molar-refractivity contribution >= 4 is 69.4 Å². The lowest BCUT2D eigenvalue weighted by Crippen LogP contribution is -2.13. The maximum atomic E-state index is 12.5. The molecule has 166 valence electrons. The van der Waals surface area contributed by atoms with Gasteiger partial charge in [-0.05, 0) is 76.2 Å². The Kier molecular flexibility index (Phi) is 8.33. The molecule has 3 aromatic carbocycles. The molecular weight excluding hydrogens is 578 g/mol. The Morgan fingerprint density at radius 2 is 1.85 bits per heavy atom. The minimum atomic E-state index is -0.984. The van der Waals surface area contributed by atoms with Crippen molar-refractivity contribution in [3.8, 4) is 11.8 Å². The lowest BCUT2D eigenvalue weighted by atomic mass is 10.1. The topological polar surface area (TPSA) is 99.4 Å².